The Kier molecular flexibility index (Phi) is 44.0. The lowest BCUT2D eigenvalue weighted by atomic mass is 10.4. The first-order valence-corrected chi connectivity index (χ1v) is 18.1. The minimum atomic E-state index is 0.503. The molecule has 304 valence electrons. The average molecular weight is 743 g/mol. The zero-order valence-corrected chi connectivity index (χ0v) is 31.8. The van der Waals surface area contributed by atoms with Crippen molar-refractivity contribution in [1.29, 1.82) is 0 Å². The van der Waals surface area contributed by atoms with Crippen LogP contribution >= 0.6 is 0 Å². The third-order valence-electron chi connectivity index (χ3n) is 5.91. The highest BCUT2D eigenvalue weighted by atomic mass is 16.6. The van der Waals surface area contributed by atoms with E-state index in [1.807, 2.05) is 13.8 Å². The highest BCUT2D eigenvalue weighted by Crippen LogP contribution is 1.91. The zero-order valence-electron chi connectivity index (χ0n) is 31.8. The SMILES string of the molecule is C=C(C)COCCOCCOCCOCCOCCOCCOCCOCCOCCOCCOCCOCCOCCOCCOCC(=C)C. The van der Waals surface area contributed by atoms with E-state index < -0.39 is 0 Å². The molecule has 0 bridgehead atoms. The largest absolute Gasteiger partial charge is 0.377 e. The lowest BCUT2D eigenvalue weighted by Gasteiger charge is -2.09. The lowest BCUT2D eigenvalue weighted by molar-refractivity contribution is -0.0298. The van der Waals surface area contributed by atoms with Crippen molar-refractivity contribution in [2.45, 2.75) is 13.8 Å². The molecule has 0 radical (unpaired) electrons. The molecule has 0 aromatic carbocycles. The summed E-state index contributed by atoms with van der Waals surface area (Å²) in [6, 6.07) is 0. The summed E-state index contributed by atoms with van der Waals surface area (Å²) < 4.78 is 81.7. The van der Waals surface area contributed by atoms with Gasteiger partial charge >= 0.3 is 0 Å². The third-order valence-corrected chi connectivity index (χ3v) is 5.91. The van der Waals surface area contributed by atoms with Crippen LogP contribution in [-0.2, 0) is 71.1 Å². The molecular formula is C36H70O15. The van der Waals surface area contributed by atoms with Crippen molar-refractivity contribution in [3.8, 4) is 0 Å². The maximum atomic E-state index is 5.49. The van der Waals surface area contributed by atoms with Gasteiger partial charge in [-0.15, -0.1) is 0 Å². The summed E-state index contributed by atoms with van der Waals surface area (Å²) in [5.41, 5.74) is 2.00. The summed E-state index contributed by atoms with van der Waals surface area (Å²) in [4.78, 5) is 0. The second-order valence-electron chi connectivity index (χ2n) is 11.0. The van der Waals surface area contributed by atoms with Crippen molar-refractivity contribution in [3.05, 3.63) is 24.3 Å². The maximum Gasteiger partial charge on any atom is 0.0704 e. The summed E-state index contributed by atoms with van der Waals surface area (Å²) in [7, 11) is 0. The van der Waals surface area contributed by atoms with Gasteiger partial charge in [0.1, 0.15) is 0 Å². The van der Waals surface area contributed by atoms with E-state index in [1.165, 1.54) is 0 Å². The van der Waals surface area contributed by atoms with Gasteiger partial charge in [0.2, 0.25) is 0 Å². The van der Waals surface area contributed by atoms with Crippen LogP contribution in [0.15, 0.2) is 24.3 Å². The molecule has 0 amide bonds. The van der Waals surface area contributed by atoms with Crippen molar-refractivity contribution in [2.75, 3.05) is 198 Å². The van der Waals surface area contributed by atoms with Gasteiger partial charge in [0.15, 0.2) is 0 Å². The first-order valence-electron chi connectivity index (χ1n) is 18.1. The van der Waals surface area contributed by atoms with Crippen LogP contribution in [0.4, 0.5) is 0 Å². The van der Waals surface area contributed by atoms with Gasteiger partial charge in [0, 0.05) is 0 Å². The van der Waals surface area contributed by atoms with Crippen LogP contribution in [0.25, 0.3) is 0 Å². The predicted molar refractivity (Wildman–Crippen MR) is 192 cm³/mol. The smallest absolute Gasteiger partial charge is 0.0704 e. The van der Waals surface area contributed by atoms with Crippen molar-refractivity contribution in [2.24, 2.45) is 0 Å². The van der Waals surface area contributed by atoms with E-state index in [2.05, 4.69) is 13.2 Å². The first-order chi connectivity index (χ1) is 25.1. The molecular weight excluding hydrogens is 672 g/mol. The molecule has 0 unspecified atom stereocenters. The monoisotopic (exact) mass is 742 g/mol. The molecule has 0 aliphatic rings. The van der Waals surface area contributed by atoms with Crippen LogP contribution in [0, 0.1) is 0 Å². The molecule has 0 spiro atoms. The van der Waals surface area contributed by atoms with Crippen LogP contribution < -0.4 is 0 Å². The molecule has 0 aromatic rings. The lowest BCUT2D eigenvalue weighted by Crippen LogP contribution is -2.15. The fourth-order valence-electron chi connectivity index (χ4n) is 3.47. The van der Waals surface area contributed by atoms with Gasteiger partial charge in [0.05, 0.1) is 198 Å². The summed E-state index contributed by atoms with van der Waals surface area (Å²) in [5, 5.41) is 0. The Bertz CT molecular complexity index is 646. The molecule has 0 atom stereocenters. The average Bonchev–Trinajstić information content (AvgIpc) is 3.11. The fraction of sp³-hybridized carbons (Fsp3) is 0.889. The molecule has 0 aliphatic heterocycles. The Balaban J connectivity index is 3.06. The van der Waals surface area contributed by atoms with Crippen LogP contribution in [-0.4, -0.2) is 198 Å². The van der Waals surface area contributed by atoms with E-state index in [0.29, 0.717) is 198 Å². The van der Waals surface area contributed by atoms with E-state index in [9.17, 15) is 0 Å². The molecule has 0 rings (SSSR count). The Labute approximate surface area is 307 Å². The number of hydrogen-bond acceptors (Lipinski definition) is 15. The molecule has 0 aromatic heterocycles. The zero-order chi connectivity index (χ0) is 37.0. The molecule has 0 aliphatic carbocycles. The summed E-state index contributed by atoms with van der Waals surface area (Å²) in [6.07, 6.45) is 0. The third kappa shape index (κ3) is 48.9. The number of hydrogen-bond donors (Lipinski definition) is 0. The van der Waals surface area contributed by atoms with E-state index in [-0.39, 0.29) is 0 Å². The van der Waals surface area contributed by atoms with E-state index in [4.69, 9.17) is 71.1 Å². The summed E-state index contributed by atoms with van der Waals surface area (Å²) in [6.45, 7) is 27.1. The first kappa shape index (κ1) is 49.9. The molecule has 51 heavy (non-hydrogen) atoms. The van der Waals surface area contributed by atoms with Crippen molar-refractivity contribution >= 4 is 0 Å². The fourth-order valence-corrected chi connectivity index (χ4v) is 3.47. The molecule has 0 fully saturated rings. The topological polar surface area (TPSA) is 138 Å². The van der Waals surface area contributed by atoms with Crippen LogP contribution in [0.3, 0.4) is 0 Å². The van der Waals surface area contributed by atoms with Gasteiger partial charge in [-0.3, -0.25) is 0 Å². The molecule has 15 nitrogen and oxygen atoms in total. The molecule has 0 saturated carbocycles. The summed E-state index contributed by atoms with van der Waals surface area (Å²) in [5.74, 6) is 0. The van der Waals surface area contributed by atoms with Crippen LogP contribution in [0.1, 0.15) is 13.8 Å². The van der Waals surface area contributed by atoms with Crippen molar-refractivity contribution in [1.82, 2.24) is 0 Å². The standard InChI is InChI=1S/C36H70O15/c1-35(2)33-50-31-29-48-27-25-46-23-21-44-19-17-42-15-13-40-11-9-38-7-5-37-6-8-39-10-12-41-14-16-43-18-20-45-22-24-47-26-28-49-30-32-51-34-36(3)4/h1,3,5-34H2,2,4H3. The molecule has 0 saturated heterocycles. The van der Waals surface area contributed by atoms with Crippen LogP contribution in [0.2, 0.25) is 0 Å². The van der Waals surface area contributed by atoms with E-state index in [0.717, 1.165) is 11.1 Å². The maximum absolute atomic E-state index is 5.49. The van der Waals surface area contributed by atoms with Gasteiger partial charge in [-0.2, -0.15) is 0 Å². The van der Waals surface area contributed by atoms with Gasteiger partial charge in [-0.05, 0) is 13.8 Å². The Morgan fingerprint density at radius 1 is 0.216 bits per heavy atom. The highest BCUT2D eigenvalue weighted by Gasteiger charge is 1.97. The van der Waals surface area contributed by atoms with Gasteiger partial charge < -0.3 is 71.1 Å². The Hall–Kier alpha value is -1.12. The van der Waals surface area contributed by atoms with Gasteiger partial charge in [-0.25, -0.2) is 0 Å². The minimum Gasteiger partial charge on any atom is -0.377 e. The van der Waals surface area contributed by atoms with E-state index >= 15 is 0 Å². The quantitative estimate of drug-likeness (QED) is 0.0666. The normalized spacial score (nSPS) is 11.5. The highest BCUT2D eigenvalue weighted by molar-refractivity contribution is 4.87. The van der Waals surface area contributed by atoms with Crippen LogP contribution in [0.5, 0.6) is 0 Å². The number of rotatable bonds is 46. The van der Waals surface area contributed by atoms with E-state index in [1.54, 1.807) is 0 Å². The predicted octanol–water partition coefficient (Wildman–Crippen LogP) is 2.39. The number of ether oxygens (including phenoxy) is 15. The van der Waals surface area contributed by atoms with Crippen molar-refractivity contribution < 1.29 is 71.1 Å². The second-order valence-corrected chi connectivity index (χ2v) is 11.0. The minimum absolute atomic E-state index is 0.503. The molecule has 15 heteroatoms. The Morgan fingerprint density at radius 3 is 0.412 bits per heavy atom. The summed E-state index contributed by atoms with van der Waals surface area (Å²) >= 11 is 0. The van der Waals surface area contributed by atoms with Gasteiger partial charge in [-0.1, -0.05) is 24.3 Å². The van der Waals surface area contributed by atoms with Crippen molar-refractivity contribution in [3.63, 3.8) is 0 Å². The molecule has 0 N–H and O–H groups in total. The Morgan fingerprint density at radius 2 is 0.314 bits per heavy atom. The molecule has 0 heterocycles. The van der Waals surface area contributed by atoms with Gasteiger partial charge in [0.25, 0.3) is 0 Å². The second kappa shape index (κ2) is 45.0.